The second kappa shape index (κ2) is 10.5. The van der Waals surface area contributed by atoms with Gasteiger partial charge in [-0.15, -0.1) is 11.3 Å². The number of nitrogens with two attached hydrogens (primary N) is 1. The number of para-hydroxylation sites is 1. The maximum Gasteiger partial charge on any atom is 0.243 e. The number of nitrogens with one attached hydrogen (secondary N) is 4. The summed E-state index contributed by atoms with van der Waals surface area (Å²) >= 11 is 1.28. The highest BCUT2D eigenvalue weighted by Gasteiger charge is 2.27. The molecular formula is C19H26N6O3S. The number of benzene rings is 1. The molecule has 156 valence electrons. The molecular weight excluding hydrogens is 392 g/mol. The lowest BCUT2D eigenvalue weighted by Crippen LogP contribution is -2.51. The number of nitrogens with zero attached hydrogens (tertiary/aromatic N) is 1. The van der Waals surface area contributed by atoms with Gasteiger partial charge in [-0.25, -0.2) is 4.98 Å². The zero-order valence-electron chi connectivity index (χ0n) is 16.5. The third-order valence-corrected chi connectivity index (χ3v) is 5.28. The van der Waals surface area contributed by atoms with E-state index >= 15 is 0 Å². The SMILES string of the molecule is CC[C@H](NC(C)=O)C(=O)N[C@@H](CCCNC(=N)N)C(=O)c1nc2ccccc2s1. The molecule has 10 heteroatoms. The van der Waals surface area contributed by atoms with E-state index in [1.165, 1.54) is 18.3 Å². The minimum Gasteiger partial charge on any atom is -0.370 e. The minimum absolute atomic E-state index is 0.153. The number of aromatic nitrogens is 1. The standard InChI is InChI=1S/C19H26N6O3S/c1-3-12(23-11(2)26)17(28)24-14(8-6-10-22-19(20)21)16(27)18-25-13-7-4-5-9-15(13)29-18/h4-5,7,9,12,14H,3,6,8,10H2,1-2H3,(H,23,26)(H,24,28)(H4,20,21,22)/t12-,14-/m0/s1. The van der Waals surface area contributed by atoms with Crippen molar-refractivity contribution in [2.75, 3.05) is 6.54 Å². The molecule has 2 rings (SSSR count). The van der Waals surface area contributed by atoms with Crippen molar-refractivity contribution < 1.29 is 14.4 Å². The van der Waals surface area contributed by atoms with Gasteiger partial charge in [-0.2, -0.15) is 0 Å². The summed E-state index contributed by atoms with van der Waals surface area (Å²) in [6.07, 6.45) is 1.26. The van der Waals surface area contributed by atoms with Gasteiger partial charge < -0.3 is 21.7 Å². The summed E-state index contributed by atoms with van der Waals surface area (Å²) < 4.78 is 0.892. The van der Waals surface area contributed by atoms with Crippen LogP contribution in [0.3, 0.4) is 0 Å². The number of ketones is 1. The van der Waals surface area contributed by atoms with Crippen LogP contribution in [0.15, 0.2) is 24.3 Å². The fraction of sp³-hybridized carbons (Fsp3) is 0.421. The third-order valence-electron chi connectivity index (χ3n) is 4.22. The van der Waals surface area contributed by atoms with E-state index in [4.69, 9.17) is 11.1 Å². The van der Waals surface area contributed by atoms with E-state index in [9.17, 15) is 14.4 Å². The van der Waals surface area contributed by atoms with Crippen LogP contribution in [-0.2, 0) is 9.59 Å². The van der Waals surface area contributed by atoms with Gasteiger partial charge in [0.05, 0.1) is 16.3 Å². The number of carbonyl (C=O) groups excluding carboxylic acids is 3. The molecule has 0 saturated carbocycles. The molecule has 0 unspecified atom stereocenters. The van der Waals surface area contributed by atoms with Crippen LogP contribution in [0.5, 0.6) is 0 Å². The monoisotopic (exact) mass is 418 g/mol. The van der Waals surface area contributed by atoms with Gasteiger partial charge in [0.25, 0.3) is 0 Å². The first kappa shape index (κ1) is 22.3. The van der Waals surface area contributed by atoms with Crippen LogP contribution in [0, 0.1) is 5.41 Å². The Labute approximate surface area is 173 Å². The molecule has 0 aliphatic carbocycles. The van der Waals surface area contributed by atoms with Gasteiger partial charge in [0.2, 0.25) is 17.6 Å². The Morgan fingerprint density at radius 1 is 1.21 bits per heavy atom. The lowest BCUT2D eigenvalue weighted by atomic mass is 10.1. The number of hydrogen-bond acceptors (Lipinski definition) is 6. The molecule has 0 radical (unpaired) electrons. The van der Waals surface area contributed by atoms with Crippen molar-refractivity contribution in [2.45, 2.75) is 45.2 Å². The zero-order valence-corrected chi connectivity index (χ0v) is 17.3. The maximum atomic E-state index is 13.1. The normalized spacial score (nSPS) is 12.8. The number of carbonyl (C=O) groups is 3. The van der Waals surface area contributed by atoms with Crippen LogP contribution >= 0.6 is 11.3 Å². The number of amides is 2. The Morgan fingerprint density at radius 3 is 2.55 bits per heavy atom. The molecule has 0 spiro atoms. The predicted molar refractivity (Wildman–Crippen MR) is 113 cm³/mol. The van der Waals surface area contributed by atoms with Crippen LogP contribution in [-0.4, -0.2) is 47.2 Å². The number of thiazole rings is 1. The highest BCUT2D eigenvalue weighted by Crippen LogP contribution is 2.23. The second-order valence-electron chi connectivity index (χ2n) is 6.56. The molecule has 1 aromatic heterocycles. The number of guanidine groups is 1. The first-order chi connectivity index (χ1) is 13.8. The van der Waals surface area contributed by atoms with Crippen molar-refractivity contribution in [3.8, 4) is 0 Å². The molecule has 0 aliphatic heterocycles. The van der Waals surface area contributed by atoms with Crippen molar-refractivity contribution >= 4 is 45.1 Å². The number of Topliss-reactive ketones (excluding diaryl/α,β-unsaturated/α-hetero) is 1. The van der Waals surface area contributed by atoms with Crippen molar-refractivity contribution in [3.05, 3.63) is 29.3 Å². The summed E-state index contributed by atoms with van der Waals surface area (Å²) in [6.45, 7) is 3.52. The molecule has 2 amide bonds. The molecule has 0 fully saturated rings. The molecule has 0 aliphatic rings. The summed E-state index contributed by atoms with van der Waals surface area (Å²) in [5.74, 6) is -1.16. The van der Waals surface area contributed by atoms with E-state index in [-0.39, 0.29) is 17.6 Å². The molecule has 1 heterocycles. The predicted octanol–water partition coefficient (Wildman–Crippen LogP) is 1.14. The van der Waals surface area contributed by atoms with Crippen LogP contribution in [0.4, 0.5) is 0 Å². The van der Waals surface area contributed by atoms with E-state index in [2.05, 4.69) is 20.9 Å². The topological polar surface area (TPSA) is 150 Å². The first-order valence-electron chi connectivity index (χ1n) is 9.37. The van der Waals surface area contributed by atoms with Gasteiger partial charge in [0, 0.05) is 13.5 Å². The second-order valence-corrected chi connectivity index (χ2v) is 7.59. The van der Waals surface area contributed by atoms with Crippen molar-refractivity contribution in [3.63, 3.8) is 0 Å². The van der Waals surface area contributed by atoms with Crippen molar-refractivity contribution in [1.29, 1.82) is 5.41 Å². The highest BCUT2D eigenvalue weighted by molar-refractivity contribution is 7.20. The van der Waals surface area contributed by atoms with Gasteiger partial charge in [-0.3, -0.25) is 19.8 Å². The third kappa shape index (κ3) is 6.53. The van der Waals surface area contributed by atoms with Gasteiger partial charge >= 0.3 is 0 Å². The van der Waals surface area contributed by atoms with E-state index in [1.807, 2.05) is 24.3 Å². The molecule has 9 nitrogen and oxygen atoms in total. The zero-order chi connectivity index (χ0) is 21.4. The Balaban J connectivity index is 2.16. The van der Waals surface area contributed by atoms with Gasteiger partial charge in [0.15, 0.2) is 11.0 Å². The number of rotatable bonds is 10. The smallest absolute Gasteiger partial charge is 0.243 e. The van der Waals surface area contributed by atoms with Gasteiger partial charge in [-0.05, 0) is 31.4 Å². The molecule has 29 heavy (non-hydrogen) atoms. The molecule has 2 atom stereocenters. The Hall–Kier alpha value is -3.01. The Kier molecular flexibility index (Phi) is 8.08. The van der Waals surface area contributed by atoms with E-state index in [1.54, 1.807) is 6.92 Å². The maximum absolute atomic E-state index is 13.1. The van der Waals surface area contributed by atoms with E-state index < -0.39 is 18.0 Å². The minimum atomic E-state index is -0.792. The fourth-order valence-electron chi connectivity index (χ4n) is 2.80. The average molecular weight is 419 g/mol. The molecule has 0 saturated heterocycles. The fourth-order valence-corrected chi connectivity index (χ4v) is 3.76. The van der Waals surface area contributed by atoms with Crippen LogP contribution < -0.4 is 21.7 Å². The summed E-state index contributed by atoms with van der Waals surface area (Å²) in [5, 5.41) is 15.5. The van der Waals surface area contributed by atoms with Gasteiger partial charge in [-0.1, -0.05) is 19.1 Å². The molecule has 0 bridgehead atoms. The molecule has 2 aromatic rings. The van der Waals surface area contributed by atoms with E-state index in [0.717, 1.165) is 10.2 Å². The number of fused-ring (bicyclic) bond motifs is 1. The van der Waals surface area contributed by atoms with Gasteiger partial charge in [0.1, 0.15) is 6.04 Å². The molecule has 6 N–H and O–H groups in total. The largest absolute Gasteiger partial charge is 0.370 e. The number of hydrogen-bond donors (Lipinski definition) is 5. The van der Waals surface area contributed by atoms with Crippen molar-refractivity contribution in [2.24, 2.45) is 5.73 Å². The first-order valence-corrected chi connectivity index (χ1v) is 10.2. The van der Waals surface area contributed by atoms with Crippen LogP contribution in [0.1, 0.15) is 42.9 Å². The summed E-state index contributed by atoms with van der Waals surface area (Å²) in [7, 11) is 0. The quantitative estimate of drug-likeness (QED) is 0.169. The van der Waals surface area contributed by atoms with E-state index in [0.29, 0.717) is 30.8 Å². The van der Waals surface area contributed by atoms with Crippen LogP contribution in [0.25, 0.3) is 10.2 Å². The van der Waals surface area contributed by atoms with Crippen molar-refractivity contribution in [1.82, 2.24) is 20.9 Å². The highest BCUT2D eigenvalue weighted by atomic mass is 32.1. The Morgan fingerprint density at radius 2 is 1.93 bits per heavy atom. The lowest BCUT2D eigenvalue weighted by Gasteiger charge is -2.21. The Bertz CT molecular complexity index is 864. The summed E-state index contributed by atoms with van der Waals surface area (Å²) in [6, 6.07) is 5.94. The lowest BCUT2D eigenvalue weighted by molar-refractivity contribution is -0.128. The average Bonchev–Trinajstić information content (AvgIpc) is 3.11. The molecule has 1 aromatic carbocycles. The van der Waals surface area contributed by atoms with Crippen LogP contribution in [0.2, 0.25) is 0 Å². The summed E-state index contributed by atoms with van der Waals surface area (Å²) in [4.78, 5) is 41.4. The summed E-state index contributed by atoms with van der Waals surface area (Å²) in [5.41, 5.74) is 6.01.